The van der Waals surface area contributed by atoms with Gasteiger partial charge in [0.25, 0.3) is 0 Å². The zero-order valence-electron chi connectivity index (χ0n) is 12.3. The molecule has 0 bridgehead atoms. The Labute approximate surface area is 126 Å². The van der Waals surface area contributed by atoms with E-state index in [-0.39, 0.29) is 11.1 Å². The third-order valence-electron chi connectivity index (χ3n) is 4.73. The largest absolute Gasteiger partial charge is 0.392 e. The van der Waals surface area contributed by atoms with Crippen molar-refractivity contribution in [1.29, 1.82) is 0 Å². The van der Waals surface area contributed by atoms with Crippen LogP contribution in [0.4, 0.5) is 4.39 Å². The van der Waals surface area contributed by atoms with Gasteiger partial charge in [0.15, 0.2) is 0 Å². The lowest BCUT2D eigenvalue weighted by Gasteiger charge is -2.33. The Hall–Kier alpha value is -0.600. The fourth-order valence-corrected chi connectivity index (χ4v) is 3.39. The molecule has 112 valence electrons. The van der Waals surface area contributed by atoms with Crippen molar-refractivity contribution in [3.63, 3.8) is 0 Å². The highest BCUT2D eigenvalue weighted by Gasteiger charge is 2.27. The van der Waals surface area contributed by atoms with Gasteiger partial charge >= 0.3 is 0 Å². The first kappa shape index (κ1) is 15.8. The third kappa shape index (κ3) is 3.95. The Morgan fingerprint density at radius 1 is 1.20 bits per heavy atom. The van der Waals surface area contributed by atoms with Crippen LogP contribution in [0.1, 0.15) is 45.1 Å². The van der Waals surface area contributed by atoms with Crippen LogP contribution in [0, 0.1) is 23.6 Å². The molecule has 0 aliphatic heterocycles. The molecule has 0 spiro atoms. The van der Waals surface area contributed by atoms with Gasteiger partial charge in [-0.25, -0.2) is 4.39 Å². The highest BCUT2D eigenvalue weighted by molar-refractivity contribution is 6.30. The number of benzene rings is 1. The number of aliphatic hydroxyl groups is 1. The highest BCUT2D eigenvalue weighted by Crippen LogP contribution is 2.35. The van der Waals surface area contributed by atoms with Crippen molar-refractivity contribution >= 4 is 11.6 Å². The quantitative estimate of drug-likeness (QED) is 0.843. The lowest BCUT2D eigenvalue weighted by atomic mass is 9.74. The highest BCUT2D eigenvalue weighted by atomic mass is 35.5. The van der Waals surface area contributed by atoms with Crippen molar-refractivity contribution in [3.8, 4) is 0 Å². The molecule has 1 aliphatic carbocycles. The molecule has 1 fully saturated rings. The minimum absolute atomic E-state index is 0.140. The lowest BCUT2D eigenvalue weighted by molar-refractivity contribution is 0.0674. The van der Waals surface area contributed by atoms with Gasteiger partial charge in [0.05, 0.1) is 11.1 Å². The summed E-state index contributed by atoms with van der Waals surface area (Å²) >= 11 is 5.67. The Bertz CT molecular complexity index is 439. The third-order valence-corrected chi connectivity index (χ3v) is 5.04. The molecule has 0 radical (unpaired) electrons. The van der Waals surface area contributed by atoms with Crippen LogP contribution < -0.4 is 0 Å². The zero-order chi connectivity index (χ0) is 14.7. The molecule has 0 saturated heterocycles. The van der Waals surface area contributed by atoms with E-state index < -0.39 is 5.82 Å². The molecule has 3 heteroatoms. The molecule has 1 unspecified atom stereocenters. The zero-order valence-corrected chi connectivity index (χ0v) is 13.0. The minimum Gasteiger partial charge on any atom is -0.392 e. The SMILES string of the molecule is CC(C)C1CCC(C(O)Cc2ccc(Cl)c(F)c2)CC1. The molecule has 1 aromatic rings. The van der Waals surface area contributed by atoms with Crippen molar-refractivity contribution in [2.45, 2.75) is 52.1 Å². The molecule has 1 saturated carbocycles. The first-order valence-electron chi connectivity index (χ1n) is 7.59. The molecular formula is C17H24ClFO. The smallest absolute Gasteiger partial charge is 0.142 e. The second-order valence-corrected chi connectivity index (χ2v) is 6.85. The van der Waals surface area contributed by atoms with E-state index in [9.17, 15) is 9.50 Å². The molecule has 0 heterocycles. The Morgan fingerprint density at radius 3 is 2.35 bits per heavy atom. The van der Waals surface area contributed by atoms with Crippen LogP contribution in [-0.2, 0) is 6.42 Å². The van der Waals surface area contributed by atoms with Crippen LogP contribution in [0.2, 0.25) is 5.02 Å². The van der Waals surface area contributed by atoms with Crippen LogP contribution in [0.15, 0.2) is 18.2 Å². The average Bonchev–Trinajstić information content (AvgIpc) is 2.43. The van der Waals surface area contributed by atoms with E-state index in [0.717, 1.165) is 30.2 Å². The predicted octanol–water partition coefficient (Wildman–Crippen LogP) is 4.84. The first-order chi connectivity index (χ1) is 9.47. The van der Waals surface area contributed by atoms with Crippen molar-refractivity contribution in [2.24, 2.45) is 17.8 Å². The molecule has 0 amide bonds. The topological polar surface area (TPSA) is 20.2 Å². The summed E-state index contributed by atoms with van der Waals surface area (Å²) in [5.41, 5.74) is 0.824. The van der Waals surface area contributed by atoms with Gasteiger partial charge in [0.2, 0.25) is 0 Å². The summed E-state index contributed by atoms with van der Waals surface area (Å²) in [6.45, 7) is 4.55. The number of halogens is 2. The second kappa shape index (κ2) is 6.91. The molecule has 1 atom stereocenters. The molecule has 1 N–H and O–H groups in total. The van der Waals surface area contributed by atoms with E-state index in [4.69, 9.17) is 11.6 Å². The lowest BCUT2D eigenvalue weighted by Crippen LogP contribution is -2.28. The summed E-state index contributed by atoms with van der Waals surface area (Å²) in [7, 11) is 0. The summed E-state index contributed by atoms with van der Waals surface area (Å²) < 4.78 is 13.4. The number of rotatable bonds is 4. The van der Waals surface area contributed by atoms with Gasteiger partial charge in [-0.2, -0.15) is 0 Å². The molecule has 1 aromatic carbocycles. The van der Waals surface area contributed by atoms with E-state index in [1.165, 1.54) is 18.9 Å². The van der Waals surface area contributed by atoms with Crippen molar-refractivity contribution in [3.05, 3.63) is 34.6 Å². The van der Waals surface area contributed by atoms with E-state index in [1.807, 2.05) is 0 Å². The predicted molar refractivity (Wildman–Crippen MR) is 81.4 cm³/mol. The van der Waals surface area contributed by atoms with E-state index in [1.54, 1.807) is 12.1 Å². The first-order valence-corrected chi connectivity index (χ1v) is 7.97. The fraction of sp³-hybridized carbons (Fsp3) is 0.647. The van der Waals surface area contributed by atoms with E-state index in [0.29, 0.717) is 12.3 Å². The van der Waals surface area contributed by atoms with Crippen LogP contribution in [0.5, 0.6) is 0 Å². The monoisotopic (exact) mass is 298 g/mol. The maximum Gasteiger partial charge on any atom is 0.142 e. The Kier molecular flexibility index (Phi) is 5.45. The van der Waals surface area contributed by atoms with Gasteiger partial charge in [-0.1, -0.05) is 31.5 Å². The number of aliphatic hydroxyl groups excluding tert-OH is 1. The molecule has 0 aromatic heterocycles. The minimum atomic E-state index is -0.403. The standard InChI is InChI=1S/C17H24ClFO/c1-11(2)13-4-6-14(7-5-13)17(20)10-12-3-8-15(18)16(19)9-12/h3,8-9,11,13-14,17,20H,4-7,10H2,1-2H3. The summed E-state index contributed by atoms with van der Waals surface area (Å²) in [6.07, 6.45) is 4.72. The van der Waals surface area contributed by atoms with Crippen LogP contribution in [0.3, 0.4) is 0 Å². The summed E-state index contributed by atoms with van der Waals surface area (Å²) in [5.74, 6) is 1.48. The molecule has 2 rings (SSSR count). The number of hydrogen-bond donors (Lipinski definition) is 1. The van der Waals surface area contributed by atoms with Crippen molar-refractivity contribution in [2.75, 3.05) is 0 Å². The maximum atomic E-state index is 13.4. The van der Waals surface area contributed by atoms with Crippen LogP contribution in [0.25, 0.3) is 0 Å². The van der Waals surface area contributed by atoms with Crippen molar-refractivity contribution in [1.82, 2.24) is 0 Å². The second-order valence-electron chi connectivity index (χ2n) is 6.44. The van der Waals surface area contributed by atoms with Gasteiger partial charge in [-0.15, -0.1) is 0 Å². The molecular weight excluding hydrogens is 275 g/mol. The van der Waals surface area contributed by atoms with E-state index in [2.05, 4.69) is 13.8 Å². The summed E-state index contributed by atoms with van der Waals surface area (Å²) in [5, 5.41) is 10.5. The summed E-state index contributed by atoms with van der Waals surface area (Å²) in [4.78, 5) is 0. The fourth-order valence-electron chi connectivity index (χ4n) is 3.27. The van der Waals surface area contributed by atoms with Crippen LogP contribution in [-0.4, -0.2) is 11.2 Å². The number of hydrogen-bond acceptors (Lipinski definition) is 1. The molecule has 1 nitrogen and oxygen atoms in total. The molecule has 20 heavy (non-hydrogen) atoms. The Balaban J connectivity index is 1.89. The normalized spacial score (nSPS) is 24.9. The maximum absolute atomic E-state index is 13.4. The Morgan fingerprint density at radius 2 is 1.80 bits per heavy atom. The van der Waals surface area contributed by atoms with Crippen LogP contribution >= 0.6 is 11.6 Å². The van der Waals surface area contributed by atoms with Gasteiger partial charge in [-0.3, -0.25) is 0 Å². The molecule has 1 aliphatic rings. The van der Waals surface area contributed by atoms with Gasteiger partial charge < -0.3 is 5.11 Å². The van der Waals surface area contributed by atoms with Gasteiger partial charge in [0, 0.05) is 0 Å². The summed E-state index contributed by atoms with van der Waals surface area (Å²) in [6, 6.07) is 4.80. The van der Waals surface area contributed by atoms with Crippen molar-refractivity contribution < 1.29 is 9.50 Å². The van der Waals surface area contributed by atoms with Gasteiger partial charge in [-0.05, 0) is 67.6 Å². The van der Waals surface area contributed by atoms with E-state index >= 15 is 0 Å². The van der Waals surface area contributed by atoms with Gasteiger partial charge in [0.1, 0.15) is 5.82 Å². The average molecular weight is 299 g/mol.